The molecule has 13 heteroatoms. The quantitative estimate of drug-likeness (QED) is 0.254. The highest BCUT2D eigenvalue weighted by atomic mass is 32.5. The molecule has 4 rings (SSSR count). The van der Waals surface area contributed by atoms with Gasteiger partial charge < -0.3 is 10.1 Å². The number of nitrogens with one attached hydrogen (secondary N) is 1. The van der Waals surface area contributed by atoms with Crippen molar-refractivity contribution in [1.29, 1.82) is 0 Å². The fourth-order valence-corrected chi connectivity index (χ4v) is 5.22. The molecular weight excluding hydrogens is 511 g/mol. The third-order valence-electron chi connectivity index (χ3n) is 6.24. The van der Waals surface area contributed by atoms with Crippen molar-refractivity contribution in [3.8, 4) is 5.75 Å². The fourth-order valence-electron chi connectivity index (χ4n) is 4.32. The molecule has 1 aromatic carbocycles. The first kappa shape index (κ1) is 25.5. The van der Waals surface area contributed by atoms with Gasteiger partial charge in [-0.15, -0.1) is 0 Å². The minimum Gasteiger partial charge on any atom is -0.494 e. The average Bonchev–Trinajstić information content (AvgIpc) is 3.20. The lowest BCUT2D eigenvalue weighted by Crippen LogP contribution is -2.22. The molecule has 1 unspecified atom stereocenters. The Hall–Kier alpha value is -2.54. The lowest BCUT2D eigenvalue weighted by Gasteiger charge is -2.39. The van der Waals surface area contributed by atoms with Crippen LogP contribution in [0.4, 0.5) is 25.1 Å². The predicted octanol–water partition coefficient (Wildman–Crippen LogP) is 7.40. The Labute approximate surface area is 204 Å². The highest BCUT2D eigenvalue weighted by Crippen LogP contribution is 3.01. The first-order valence-corrected chi connectivity index (χ1v) is 13.4. The number of carbonyl (C=O) groups is 1. The van der Waals surface area contributed by atoms with E-state index in [1.165, 1.54) is 7.11 Å². The summed E-state index contributed by atoms with van der Waals surface area (Å²) in [7, 11) is -8.67. The Balaban J connectivity index is 1.59. The molecule has 1 N–H and O–H groups in total. The zero-order valence-electron chi connectivity index (χ0n) is 18.9. The third kappa shape index (κ3) is 5.66. The van der Waals surface area contributed by atoms with Crippen molar-refractivity contribution in [1.82, 2.24) is 14.8 Å². The molecule has 2 aromatic heterocycles. The number of halogens is 5. The van der Waals surface area contributed by atoms with Crippen LogP contribution in [0.15, 0.2) is 41.6 Å². The van der Waals surface area contributed by atoms with E-state index in [9.17, 15) is 24.2 Å². The Morgan fingerprint density at radius 1 is 1.17 bits per heavy atom. The van der Waals surface area contributed by atoms with Crippen LogP contribution in [0, 0.1) is 5.92 Å². The molecule has 1 amide bonds. The Bertz CT molecular complexity index is 1270. The van der Waals surface area contributed by atoms with Crippen LogP contribution < -0.4 is 10.1 Å². The van der Waals surface area contributed by atoms with Crippen molar-refractivity contribution in [2.75, 3.05) is 12.4 Å². The first-order chi connectivity index (χ1) is 16.1. The minimum absolute atomic E-state index is 0.143. The van der Waals surface area contributed by atoms with Crippen LogP contribution in [0.1, 0.15) is 49.1 Å². The van der Waals surface area contributed by atoms with Crippen LogP contribution in [0.5, 0.6) is 5.75 Å². The van der Waals surface area contributed by atoms with Crippen LogP contribution in [0.25, 0.3) is 10.9 Å². The summed E-state index contributed by atoms with van der Waals surface area (Å²) in [5.74, 6) is -0.307. The summed E-state index contributed by atoms with van der Waals surface area (Å²) in [4.78, 5) is 15.5. The highest BCUT2D eigenvalue weighted by molar-refractivity contribution is 8.45. The van der Waals surface area contributed by atoms with Crippen LogP contribution in [-0.2, 0) is 0 Å². The van der Waals surface area contributed by atoms with E-state index in [4.69, 9.17) is 4.74 Å². The summed E-state index contributed by atoms with van der Waals surface area (Å²) in [6.07, 6.45) is 5.84. The molecule has 0 radical (unpaired) electrons. The molecule has 1 atom stereocenters. The standard InChI is InChI=1S/C22H25F5N4O2S2/c1-13(34)14-6-8-16(9-7-14)31-12-15-10-19(20(33-2)11-18(15)30-31)29-22(32)17-4-3-5-21(28-17)35(23,24,25,26)27/h3-5,10-14,16,34H,6-9H2,1-2H3,(H,29,32)/t13?,14-,16-. The first-order valence-electron chi connectivity index (χ1n) is 10.9. The maximum atomic E-state index is 13.1. The molecule has 0 bridgehead atoms. The molecule has 1 fully saturated rings. The van der Waals surface area contributed by atoms with Gasteiger partial charge in [0.05, 0.1) is 24.4 Å². The van der Waals surface area contributed by atoms with Gasteiger partial charge in [0.25, 0.3) is 5.91 Å². The molecule has 35 heavy (non-hydrogen) atoms. The molecule has 1 saturated carbocycles. The number of anilines is 1. The lowest BCUT2D eigenvalue weighted by atomic mass is 9.84. The summed E-state index contributed by atoms with van der Waals surface area (Å²) < 4.78 is 72.7. The van der Waals surface area contributed by atoms with Gasteiger partial charge >= 0.3 is 10.2 Å². The molecule has 2 heterocycles. The number of thiol groups is 1. The smallest absolute Gasteiger partial charge is 0.325 e. The van der Waals surface area contributed by atoms with Gasteiger partial charge in [0.15, 0.2) is 5.03 Å². The topological polar surface area (TPSA) is 69.0 Å². The summed E-state index contributed by atoms with van der Waals surface area (Å²) in [6, 6.07) is 5.17. The van der Waals surface area contributed by atoms with Crippen molar-refractivity contribution in [2.45, 2.75) is 48.9 Å². The Kier molecular flexibility index (Phi) is 6.03. The minimum atomic E-state index is -10.0. The van der Waals surface area contributed by atoms with Gasteiger partial charge in [0, 0.05) is 22.9 Å². The molecule has 0 spiro atoms. The molecule has 192 valence electrons. The zero-order chi connectivity index (χ0) is 25.7. The third-order valence-corrected chi connectivity index (χ3v) is 7.68. The van der Waals surface area contributed by atoms with Crippen molar-refractivity contribution in [2.24, 2.45) is 5.92 Å². The lowest BCUT2D eigenvalue weighted by molar-refractivity contribution is 0.102. The van der Waals surface area contributed by atoms with Gasteiger partial charge in [-0.1, -0.05) is 32.4 Å². The number of methoxy groups -OCH3 is 1. The number of carbonyl (C=O) groups excluding carboxylic acids is 1. The normalized spacial score (nSPS) is 21.7. The number of pyridine rings is 1. The summed E-state index contributed by atoms with van der Waals surface area (Å²) in [6.45, 7) is 2.10. The predicted molar refractivity (Wildman–Crippen MR) is 129 cm³/mol. The number of ether oxygens (including phenoxy) is 1. The van der Waals surface area contributed by atoms with Gasteiger partial charge in [-0.3, -0.25) is 9.48 Å². The average molecular weight is 537 g/mol. The number of amides is 1. The van der Waals surface area contributed by atoms with E-state index in [2.05, 4.69) is 35.0 Å². The van der Waals surface area contributed by atoms with Gasteiger partial charge in [-0.2, -0.15) is 17.7 Å². The van der Waals surface area contributed by atoms with E-state index in [-0.39, 0.29) is 23.5 Å². The number of benzene rings is 1. The summed E-state index contributed by atoms with van der Waals surface area (Å²) >= 11 is 4.55. The SMILES string of the molecule is COc1cc2nn([C@H]3CC[C@H](C(C)S)CC3)cc2cc1NC(=O)c1cccc(S(F)(F)(F)(F)F)n1. The van der Waals surface area contributed by atoms with E-state index in [1.54, 1.807) is 12.1 Å². The number of rotatable bonds is 6. The number of hydrogen-bond acceptors (Lipinski definition) is 5. The molecule has 1 aliphatic rings. The van der Waals surface area contributed by atoms with E-state index in [0.29, 0.717) is 28.1 Å². The van der Waals surface area contributed by atoms with E-state index >= 15 is 0 Å². The monoisotopic (exact) mass is 536 g/mol. The second kappa shape index (κ2) is 8.26. The maximum Gasteiger partial charge on any atom is 0.325 e. The van der Waals surface area contributed by atoms with Crippen molar-refractivity contribution in [3.63, 3.8) is 0 Å². The number of fused-ring (bicyclic) bond motifs is 1. The van der Waals surface area contributed by atoms with E-state index in [0.717, 1.165) is 31.7 Å². The Morgan fingerprint density at radius 3 is 2.46 bits per heavy atom. The number of nitrogens with zero attached hydrogens (tertiary/aromatic N) is 3. The summed E-state index contributed by atoms with van der Waals surface area (Å²) in [5.41, 5.74) is -0.0361. The Morgan fingerprint density at radius 2 is 1.86 bits per heavy atom. The largest absolute Gasteiger partial charge is 0.494 e. The summed E-state index contributed by atoms with van der Waals surface area (Å²) in [5, 5.41) is 5.69. The van der Waals surface area contributed by atoms with Crippen molar-refractivity contribution >= 4 is 45.4 Å². The molecule has 1 aliphatic carbocycles. The van der Waals surface area contributed by atoms with Gasteiger partial charge in [-0.25, -0.2) is 4.98 Å². The fraction of sp³-hybridized carbons (Fsp3) is 0.409. The van der Waals surface area contributed by atoms with Crippen LogP contribution in [0.3, 0.4) is 0 Å². The number of hydrogen-bond donors (Lipinski definition) is 2. The second-order valence-electron chi connectivity index (χ2n) is 8.81. The number of aromatic nitrogens is 3. The van der Waals surface area contributed by atoms with Gasteiger partial charge in [0.1, 0.15) is 11.4 Å². The molecule has 0 aliphatic heterocycles. The maximum absolute atomic E-state index is 13.1. The highest BCUT2D eigenvalue weighted by Gasteiger charge is 2.67. The van der Waals surface area contributed by atoms with E-state index in [1.807, 2.05) is 10.9 Å². The van der Waals surface area contributed by atoms with Gasteiger partial charge in [-0.05, 0) is 49.8 Å². The van der Waals surface area contributed by atoms with Crippen LogP contribution in [0.2, 0.25) is 0 Å². The second-order valence-corrected chi connectivity index (χ2v) is 12.0. The van der Waals surface area contributed by atoms with E-state index < -0.39 is 26.9 Å². The molecule has 6 nitrogen and oxygen atoms in total. The van der Waals surface area contributed by atoms with Crippen molar-refractivity contribution < 1.29 is 29.0 Å². The molecule has 0 saturated heterocycles. The molecule has 3 aromatic rings. The molecular formula is C22H25F5N4O2S2. The van der Waals surface area contributed by atoms with Gasteiger partial charge in [0.2, 0.25) is 0 Å². The zero-order valence-corrected chi connectivity index (χ0v) is 20.6. The van der Waals surface area contributed by atoms with Crippen molar-refractivity contribution in [3.05, 3.63) is 42.2 Å². The van der Waals surface area contributed by atoms with Crippen LogP contribution >= 0.6 is 22.9 Å². The van der Waals surface area contributed by atoms with Crippen LogP contribution in [-0.4, -0.2) is 33.0 Å².